The average Bonchev–Trinajstić information content (AvgIpc) is 1.79. The van der Waals surface area contributed by atoms with Crippen molar-refractivity contribution in [2.24, 2.45) is 0 Å². The van der Waals surface area contributed by atoms with Crippen molar-refractivity contribution in [2.75, 3.05) is 4.43 Å². The lowest BCUT2D eigenvalue weighted by atomic mass is 10.3. The standard InChI is InChI=1S/C5H12I.BF4/c1-2-3-4-5-6;2-1(3,4)5/h6H,2-5H2,1H3;/q+1;-1. The fourth-order valence-electron chi connectivity index (χ4n) is 0.352. The summed E-state index contributed by atoms with van der Waals surface area (Å²) < 4.78 is 40.4. The largest absolute Gasteiger partial charge is 0.673 e. The maximum Gasteiger partial charge on any atom is 0.673 e. The summed E-state index contributed by atoms with van der Waals surface area (Å²) in [5.41, 5.74) is 0. The van der Waals surface area contributed by atoms with E-state index in [2.05, 4.69) is 29.5 Å². The van der Waals surface area contributed by atoms with Crippen molar-refractivity contribution >= 4 is 7.25 Å². The molecule has 0 saturated heterocycles. The van der Waals surface area contributed by atoms with Gasteiger partial charge in [-0.2, -0.15) is 0 Å². The van der Waals surface area contributed by atoms with Gasteiger partial charge in [-0.05, 0) is 12.8 Å². The minimum atomic E-state index is -6.00. The highest BCUT2D eigenvalue weighted by atomic mass is 127. The molecule has 0 aromatic heterocycles. The van der Waals surface area contributed by atoms with Crippen LogP contribution in [0.25, 0.3) is 0 Å². The molecule has 0 amide bonds. The van der Waals surface area contributed by atoms with E-state index in [1.807, 2.05) is 0 Å². The van der Waals surface area contributed by atoms with Gasteiger partial charge in [0.05, 0.1) is 0 Å². The first-order valence-electron chi connectivity index (χ1n) is 3.37. The molecule has 0 fully saturated rings. The van der Waals surface area contributed by atoms with Crippen molar-refractivity contribution in [3.63, 3.8) is 0 Å². The van der Waals surface area contributed by atoms with Crippen molar-refractivity contribution in [3.05, 3.63) is 0 Å². The SMILES string of the molecule is CCCCC[IH+].F[B-](F)(F)F. The molecule has 0 radical (unpaired) electrons. The van der Waals surface area contributed by atoms with E-state index in [-0.39, 0.29) is 0 Å². The van der Waals surface area contributed by atoms with Crippen molar-refractivity contribution < 1.29 is 39.9 Å². The number of unbranched alkanes of at least 4 members (excludes halogenated alkanes) is 2. The maximum absolute atomic E-state index is 9.75. The van der Waals surface area contributed by atoms with E-state index < -0.39 is 7.25 Å². The highest BCUT2D eigenvalue weighted by Gasteiger charge is 2.20. The number of rotatable bonds is 3. The van der Waals surface area contributed by atoms with Crippen LogP contribution in [0, 0.1) is 0 Å². The molecule has 0 aliphatic rings. The van der Waals surface area contributed by atoms with E-state index in [9.17, 15) is 17.3 Å². The Balaban J connectivity index is 0. The summed E-state index contributed by atoms with van der Waals surface area (Å²) in [5.74, 6) is 0. The van der Waals surface area contributed by atoms with Gasteiger partial charge in [0, 0.05) is 0 Å². The second kappa shape index (κ2) is 8.61. The van der Waals surface area contributed by atoms with Gasteiger partial charge in [0.15, 0.2) is 0 Å². The zero-order valence-corrected chi connectivity index (χ0v) is 8.66. The van der Waals surface area contributed by atoms with E-state index in [1.54, 1.807) is 0 Å². The van der Waals surface area contributed by atoms with Crippen molar-refractivity contribution in [1.29, 1.82) is 0 Å². The maximum atomic E-state index is 9.75. The van der Waals surface area contributed by atoms with Crippen LogP contribution in [0.1, 0.15) is 26.2 Å². The Kier molecular flexibility index (Phi) is 11.0. The summed E-state index contributed by atoms with van der Waals surface area (Å²) in [6.45, 7) is 2.23. The Hall–Kier alpha value is 0.515. The summed E-state index contributed by atoms with van der Waals surface area (Å²) in [6, 6.07) is 0. The lowest BCUT2D eigenvalue weighted by Crippen LogP contribution is -3.35. The van der Waals surface area contributed by atoms with Gasteiger partial charge in [0.2, 0.25) is 0 Å². The quantitative estimate of drug-likeness (QED) is 0.221. The molecule has 0 rings (SSSR count). The third-order valence-electron chi connectivity index (χ3n) is 0.748. The minimum absolute atomic E-state index is 1.36. The minimum Gasteiger partial charge on any atom is -0.418 e. The molecule has 6 heteroatoms. The van der Waals surface area contributed by atoms with Crippen LogP contribution in [0.2, 0.25) is 0 Å². The smallest absolute Gasteiger partial charge is 0.418 e. The average molecular weight is 286 g/mol. The zero-order chi connectivity index (χ0) is 9.33. The van der Waals surface area contributed by atoms with Crippen LogP contribution in [-0.4, -0.2) is 11.7 Å². The molecule has 0 aliphatic carbocycles. The lowest BCUT2D eigenvalue weighted by molar-refractivity contribution is -0.368. The van der Waals surface area contributed by atoms with Crippen LogP contribution in [-0.2, 0) is 0 Å². The predicted octanol–water partition coefficient (Wildman–Crippen LogP) is -0.238. The van der Waals surface area contributed by atoms with E-state index in [0.29, 0.717) is 0 Å². The lowest BCUT2D eigenvalue weighted by Gasteiger charge is -1.94. The van der Waals surface area contributed by atoms with Crippen LogP contribution in [0.4, 0.5) is 17.3 Å². The van der Waals surface area contributed by atoms with Gasteiger partial charge < -0.3 is 17.3 Å². The molecule has 0 spiro atoms. The fourth-order valence-corrected chi connectivity index (χ4v) is 0.935. The van der Waals surface area contributed by atoms with Gasteiger partial charge in [-0.3, -0.25) is 0 Å². The van der Waals surface area contributed by atoms with E-state index in [1.165, 1.54) is 23.7 Å². The Morgan fingerprint density at radius 2 is 1.45 bits per heavy atom. The fraction of sp³-hybridized carbons (Fsp3) is 1.00. The van der Waals surface area contributed by atoms with Crippen molar-refractivity contribution in [1.82, 2.24) is 0 Å². The molecule has 0 heterocycles. The van der Waals surface area contributed by atoms with Gasteiger partial charge in [-0.25, -0.2) is 0 Å². The van der Waals surface area contributed by atoms with E-state index in [0.717, 1.165) is 0 Å². The number of hydrogen-bond donors (Lipinski definition) is 0. The first-order chi connectivity index (χ1) is 4.91. The summed E-state index contributed by atoms with van der Waals surface area (Å²) >= 11 is 2.17. The summed E-state index contributed by atoms with van der Waals surface area (Å²) in [6.07, 6.45) is 4.19. The molecule has 70 valence electrons. The Bertz CT molecular complexity index is 65.4. The third-order valence-corrected chi connectivity index (χ3v) is 1.57. The molecule has 11 heavy (non-hydrogen) atoms. The molecule has 0 aromatic carbocycles. The Labute approximate surface area is 78.0 Å². The number of halogens is 5. The van der Waals surface area contributed by atoms with E-state index in [4.69, 9.17) is 0 Å². The highest BCUT2D eigenvalue weighted by Crippen LogP contribution is 2.06. The topological polar surface area (TPSA) is 0 Å². The molecule has 0 nitrogen and oxygen atoms in total. The predicted molar refractivity (Wildman–Crippen MR) is 36.0 cm³/mol. The molecular formula is C5H12BF4I. The number of alkyl halides is 1. The molecule has 0 bridgehead atoms. The molecule has 0 aliphatic heterocycles. The first kappa shape index (κ1) is 14.1. The van der Waals surface area contributed by atoms with E-state index >= 15 is 0 Å². The van der Waals surface area contributed by atoms with Crippen molar-refractivity contribution in [2.45, 2.75) is 26.2 Å². The van der Waals surface area contributed by atoms with Gasteiger partial charge in [0.1, 0.15) is 4.43 Å². The summed E-state index contributed by atoms with van der Waals surface area (Å²) in [5, 5.41) is 0. The van der Waals surface area contributed by atoms with Gasteiger partial charge in [0.25, 0.3) is 22.6 Å². The highest BCUT2D eigenvalue weighted by molar-refractivity contribution is 6.50. The molecule has 0 aromatic rings. The van der Waals surface area contributed by atoms with Gasteiger partial charge in [-0.1, -0.05) is 13.3 Å². The monoisotopic (exact) mass is 286 g/mol. The third kappa shape index (κ3) is 61.7. The molecule has 0 atom stereocenters. The Morgan fingerprint density at radius 1 is 1.09 bits per heavy atom. The van der Waals surface area contributed by atoms with Crippen LogP contribution in [0.5, 0.6) is 0 Å². The second-order valence-electron chi connectivity index (χ2n) is 1.91. The molecule has 0 saturated carbocycles. The summed E-state index contributed by atoms with van der Waals surface area (Å²) in [4.78, 5) is 0. The second-order valence-corrected chi connectivity index (χ2v) is 3.07. The van der Waals surface area contributed by atoms with Crippen molar-refractivity contribution in [3.8, 4) is 0 Å². The molecular weight excluding hydrogens is 274 g/mol. The van der Waals surface area contributed by atoms with Crippen LogP contribution in [0.15, 0.2) is 0 Å². The van der Waals surface area contributed by atoms with Crippen LogP contribution >= 0.6 is 0 Å². The molecule has 0 unspecified atom stereocenters. The van der Waals surface area contributed by atoms with Crippen LogP contribution in [0.3, 0.4) is 0 Å². The zero-order valence-electron chi connectivity index (χ0n) is 6.33. The van der Waals surface area contributed by atoms with Crippen LogP contribution < -0.4 is 22.6 Å². The Morgan fingerprint density at radius 3 is 1.55 bits per heavy atom. The molecule has 0 N–H and O–H groups in total. The van der Waals surface area contributed by atoms with Gasteiger partial charge in [-0.15, -0.1) is 0 Å². The summed E-state index contributed by atoms with van der Waals surface area (Å²) in [7, 11) is -6.00. The first-order valence-corrected chi connectivity index (χ1v) is 5.02. The number of hydrogen-bond acceptors (Lipinski definition) is 0. The normalized spacial score (nSPS) is 10.4. The van der Waals surface area contributed by atoms with Gasteiger partial charge >= 0.3 is 7.25 Å².